The van der Waals surface area contributed by atoms with Crippen molar-refractivity contribution in [2.75, 3.05) is 4.90 Å². The van der Waals surface area contributed by atoms with E-state index in [0.29, 0.717) is 0 Å². The van der Waals surface area contributed by atoms with Crippen molar-refractivity contribution in [1.82, 2.24) is 0 Å². The average molecular weight is 303 g/mol. The quantitative estimate of drug-likeness (QED) is 0.740. The number of thiol groups is 2. The van der Waals surface area contributed by atoms with Gasteiger partial charge in [-0.25, -0.2) is 4.79 Å². The van der Waals surface area contributed by atoms with Gasteiger partial charge in [0, 0.05) is 5.69 Å². The normalized spacial score (nSPS) is 20.8. The summed E-state index contributed by atoms with van der Waals surface area (Å²) in [5.41, 5.74) is 3.46. The van der Waals surface area contributed by atoms with Crippen LogP contribution >= 0.6 is 25.3 Å². The first-order valence-corrected chi connectivity index (χ1v) is 7.19. The second-order valence-electron chi connectivity index (χ2n) is 4.64. The first-order chi connectivity index (χ1) is 9.59. The van der Waals surface area contributed by atoms with Crippen LogP contribution in [0, 0.1) is 0 Å². The molecule has 1 N–H and O–H groups in total. The Morgan fingerprint density at radius 1 is 0.950 bits per heavy atom. The van der Waals surface area contributed by atoms with Crippen LogP contribution in [0.3, 0.4) is 0 Å². The number of rotatable bonds is 2. The number of carboxylic acid groups (broad SMARTS) is 1. The van der Waals surface area contributed by atoms with E-state index in [1.165, 1.54) is 0 Å². The fourth-order valence-electron chi connectivity index (χ4n) is 2.47. The zero-order valence-electron chi connectivity index (χ0n) is 10.5. The van der Waals surface area contributed by atoms with Gasteiger partial charge in [-0.15, -0.1) is 25.3 Å². The van der Waals surface area contributed by atoms with Gasteiger partial charge in [-0.2, -0.15) is 0 Å². The highest BCUT2D eigenvalue weighted by Crippen LogP contribution is 2.48. The fraction of sp³-hybridized carbons (Fsp3) is 0.133. The first-order valence-electron chi connectivity index (χ1n) is 6.16. The van der Waals surface area contributed by atoms with Crippen LogP contribution in [-0.4, -0.2) is 11.1 Å². The summed E-state index contributed by atoms with van der Waals surface area (Å²) in [6.07, 6.45) is 0. The second-order valence-corrected chi connectivity index (χ2v) is 5.61. The maximum atomic E-state index is 10.9. The lowest BCUT2D eigenvalue weighted by atomic mass is 10.1. The Morgan fingerprint density at radius 3 is 1.90 bits per heavy atom. The molecule has 5 heteroatoms. The lowest BCUT2D eigenvalue weighted by Gasteiger charge is -2.27. The van der Waals surface area contributed by atoms with E-state index in [1.807, 2.05) is 24.3 Å². The summed E-state index contributed by atoms with van der Waals surface area (Å²) in [5.74, 6) is -0.925. The monoisotopic (exact) mass is 303 g/mol. The van der Waals surface area contributed by atoms with E-state index in [-0.39, 0.29) is 16.3 Å². The molecule has 2 unspecified atom stereocenters. The first kappa shape index (κ1) is 13.4. The van der Waals surface area contributed by atoms with Crippen molar-refractivity contribution in [3.8, 4) is 0 Å². The third-order valence-electron chi connectivity index (χ3n) is 3.49. The molecule has 1 aliphatic rings. The molecule has 0 saturated heterocycles. The summed E-state index contributed by atoms with van der Waals surface area (Å²) < 4.78 is 0. The zero-order chi connectivity index (χ0) is 14.3. The Balaban J connectivity index is 1.98. The van der Waals surface area contributed by atoms with Gasteiger partial charge in [0.15, 0.2) is 0 Å². The van der Waals surface area contributed by atoms with Gasteiger partial charge < -0.3 is 10.0 Å². The molecular formula is C15H13NO2S2. The Hall–Kier alpha value is -1.59. The van der Waals surface area contributed by atoms with E-state index in [9.17, 15) is 4.79 Å². The molecule has 1 heterocycles. The van der Waals surface area contributed by atoms with E-state index in [4.69, 9.17) is 5.11 Å². The molecule has 0 aliphatic carbocycles. The van der Waals surface area contributed by atoms with Crippen LogP contribution in [0.1, 0.15) is 32.2 Å². The molecule has 102 valence electrons. The predicted molar refractivity (Wildman–Crippen MR) is 85.8 cm³/mol. The molecule has 3 rings (SSSR count). The topological polar surface area (TPSA) is 40.5 Å². The molecule has 0 aromatic heterocycles. The summed E-state index contributed by atoms with van der Waals surface area (Å²) in [6, 6.07) is 14.8. The number of hydrogen-bond acceptors (Lipinski definition) is 4. The average Bonchev–Trinajstić information content (AvgIpc) is 2.72. The van der Waals surface area contributed by atoms with Crippen molar-refractivity contribution in [3.63, 3.8) is 0 Å². The standard InChI is InChI=1S/C15H13NO2S2/c17-15(18)9-5-7-10(8-6-9)16-13(19)11-3-1-2-4-12(11)14(16)20/h1-8,13-14,19-20H,(H,17,18). The molecule has 0 bridgehead atoms. The minimum Gasteiger partial charge on any atom is -0.478 e. The van der Waals surface area contributed by atoms with Crippen LogP contribution in [0.4, 0.5) is 5.69 Å². The van der Waals surface area contributed by atoms with E-state index < -0.39 is 5.97 Å². The second kappa shape index (κ2) is 5.07. The highest BCUT2D eigenvalue weighted by molar-refractivity contribution is 7.82. The smallest absolute Gasteiger partial charge is 0.335 e. The number of nitrogens with zero attached hydrogens (tertiary/aromatic N) is 1. The molecule has 0 saturated carbocycles. The Kier molecular flexibility index (Phi) is 3.40. The maximum absolute atomic E-state index is 10.9. The molecule has 2 aromatic rings. The van der Waals surface area contributed by atoms with E-state index in [2.05, 4.69) is 30.2 Å². The molecule has 1 aliphatic heterocycles. The summed E-state index contributed by atoms with van der Waals surface area (Å²) in [4.78, 5) is 13.0. The van der Waals surface area contributed by atoms with Crippen molar-refractivity contribution in [3.05, 3.63) is 65.2 Å². The SMILES string of the molecule is O=C(O)c1ccc(N2C(S)c3ccccc3C2S)cc1. The molecule has 0 amide bonds. The Labute approximate surface area is 128 Å². The lowest BCUT2D eigenvalue weighted by molar-refractivity contribution is 0.0697. The third-order valence-corrected chi connectivity index (χ3v) is 4.55. The maximum Gasteiger partial charge on any atom is 0.335 e. The van der Waals surface area contributed by atoms with Gasteiger partial charge in [0.05, 0.1) is 16.3 Å². The van der Waals surface area contributed by atoms with Crippen molar-refractivity contribution >= 4 is 36.9 Å². The van der Waals surface area contributed by atoms with Crippen LogP contribution < -0.4 is 4.90 Å². The highest BCUT2D eigenvalue weighted by atomic mass is 32.1. The number of carbonyl (C=O) groups is 1. The minimum absolute atomic E-state index is 0.0793. The third kappa shape index (κ3) is 2.07. The number of fused-ring (bicyclic) bond motifs is 1. The summed E-state index contributed by atoms with van der Waals surface area (Å²) in [5, 5.41) is 8.78. The van der Waals surface area contributed by atoms with Gasteiger partial charge in [0.25, 0.3) is 0 Å². The molecule has 0 radical (unpaired) electrons. The van der Waals surface area contributed by atoms with E-state index in [0.717, 1.165) is 16.8 Å². The van der Waals surface area contributed by atoms with Gasteiger partial charge in [0.2, 0.25) is 0 Å². The van der Waals surface area contributed by atoms with Crippen LogP contribution in [0.25, 0.3) is 0 Å². The molecule has 0 spiro atoms. The van der Waals surface area contributed by atoms with E-state index in [1.54, 1.807) is 24.3 Å². The van der Waals surface area contributed by atoms with Gasteiger partial charge in [-0.3, -0.25) is 0 Å². The summed E-state index contributed by atoms with van der Waals surface area (Å²) in [7, 11) is 0. The molecule has 2 aromatic carbocycles. The molecule has 0 fully saturated rings. The number of aromatic carboxylic acids is 1. The Bertz CT molecular complexity index is 628. The highest BCUT2D eigenvalue weighted by Gasteiger charge is 2.34. The molecular weight excluding hydrogens is 290 g/mol. The minimum atomic E-state index is -0.925. The van der Waals surface area contributed by atoms with Crippen LogP contribution in [0.2, 0.25) is 0 Å². The van der Waals surface area contributed by atoms with Gasteiger partial charge in [0.1, 0.15) is 0 Å². The van der Waals surface area contributed by atoms with Crippen molar-refractivity contribution in [2.45, 2.75) is 10.7 Å². The van der Waals surface area contributed by atoms with Gasteiger partial charge >= 0.3 is 5.97 Å². The largest absolute Gasteiger partial charge is 0.478 e. The number of anilines is 1. The van der Waals surface area contributed by atoms with Crippen molar-refractivity contribution in [2.24, 2.45) is 0 Å². The molecule has 2 atom stereocenters. The fourth-order valence-corrected chi connectivity index (χ4v) is 3.58. The van der Waals surface area contributed by atoms with Crippen LogP contribution in [0.5, 0.6) is 0 Å². The van der Waals surface area contributed by atoms with Crippen molar-refractivity contribution < 1.29 is 9.90 Å². The van der Waals surface area contributed by atoms with Crippen molar-refractivity contribution in [1.29, 1.82) is 0 Å². The predicted octanol–water partition coefficient (Wildman–Crippen LogP) is 3.76. The molecule has 3 nitrogen and oxygen atoms in total. The molecule has 20 heavy (non-hydrogen) atoms. The Morgan fingerprint density at radius 2 is 1.45 bits per heavy atom. The van der Waals surface area contributed by atoms with Gasteiger partial charge in [-0.05, 0) is 35.4 Å². The number of benzene rings is 2. The lowest BCUT2D eigenvalue weighted by Crippen LogP contribution is -2.20. The number of carboxylic acids is 1. The van der Waals surface area contributed by atoms with Gasteiger partial charge in [-0.1, -0.05) is 24.3 Å². The van der Waals surface area contributed by atoms with Crippen LogP contribution in [-0.2, 0) is 0 Å². The van der Waals surface area contributed by atoms with Crippen LogP contribution in [0.15, 0.2) is 48.5 Å². The zero-order valence-corrected chi connectivity index (χ0v) is 12.3. The summed E-state index contributed by atoms with van der Waals surface area (Å²) in [6.45, 7) is 0. The summed E-state index contributed by atoms with van der Waals surface area (Å²) >= 11 is 9.33. The number of hydrogen-bond donors (Lipinski definition) is 3. The van der Waals surface area contributed by atoms with E-state index >= 15 is 0 Å².